The number of amides is 1. The molecular formula is C20H14N4O3. The molecule has 0 spiro atoms. The Kier molecular flexibility index (Phi) is 4.10. The molecule has 0 radical (unpaired) electrons. The molecule has 7 nitrogen and oxygen atoms in total. The van der Waals surface area contributed by atoms with Crippen LogP contribution in [-0.2, 0) is 0 Å². The number of pyridine rings is 1. The molecule has 0 saturated carbocycles. The quantitative estimate of drug-likeness (QED) is 0.438. The number of non-ortho nitro benzene ring substituents is 1. The zero-order chi connectivity index (χ0) is 18.8. The third-order valence-corrected chi connectivity index (χ3v) is 4.12. The van der Waals surface area contributed by atoms with Crippen molar-refractivity contribution in [3.8, 4) is 11.3 Å². The van der Waals surface area contributed by atoms with Crippen LogP contribution in [0.2, 0.25) is 0 Å². The Morgan fingerprint density at radius 1 is 1.04 bits per heavy atom. The number of carbonyl (C=O) groups is 1. The summed E-state index contributed by atoms with van der Waals surface area (Å²) in [6.07, 6.45) is 3.87. The molecule has 4 aromatic rings. The highest BCUT2D eigenvalue weighted by molar-refractivity contribution is 6.04. The van der Waals surface area contributed by atoms with E-state index < -0.39 is 10.8 Å². The van der Waals surface area contributed by atoms with Gasteiger partial charge in [-0.25, -0.2) is 4.98 Å². The van der Waals surface area contributed by atoms with Gasteiger partial charge in [-0.15, -0.1) is 0 Å². The molecule has 0 aliphatic carbocycles. The van der Waals surface area contributed by atoms with E-state index in [9.17, 15) is 14.9 Å². The van der Waals surface area contributed by atoms with Gasteiger partial charge in [-0.3, -0.25) is 14.9 Å². The number of nitro groups is 1. The van der Waals surface area contributed by atoms with Gasteiger partial charge in [0.2, 0.25) is 0 Å². The maximum atomic E-state index is 12.3. The van der Waals surface area contributed by atoms with E-state index in [1.807, 2.05) is 47.1 Å². The van der Waals surface area contributed by atoms with E-state index in [2.05, 4.69) is 10.3 Å². The summed E-state index contributed by atoms with van der Waals surface area (Å²) in [6, 6.07) is 18.7. The van der Waals surface area contributed by atoms with Gasteiger partial charge in [-0.05, 0) is 30.3 Å². The summed E-state index contributed by atoms with van der Waals surface area (Å²) in [4.78, 5) is 27.2. The number of imidazole rings is 1. The van der Waals surface area contributed by atoms with E-state index in [1.165, 1.54) is 24.3 Å². The van der Waals surface area contributed by atoms with Gasteiger partial charge in [0.1, 0.15) is 5.65 Å². The number of aromatic nitrogens is 2. The van der Waals surface area contributed by atoms with Crippen molar-refractivity contribution in [2.24, 2.45) is 0 Å². The van der Waals surface area contributed by atoms with Gasteiger partial charge in [-0.1, -0.05) is 24.3 Å². The van der Waals surface area contributed by atoms with Crippen LogP contribution in [0.15, 0.2) is 79.1 Å². The maximum Gasteiger partial charge on any atom is 0.270 e. The van der Waals surface area contributed by atoms with Crippen LogP contribution in [0.25, 0.3) is 16.9 Å². The second-order valence-electron chi connectivity index (χ2n) is 5.93. The molecule has 0 bridgehead atoms. The predicted molar refractivity (Wildman–Crippen MR) is 102 cm³/mol. The fourth-order valence-corrected chi connectivity index (χ4v) is 2.76. The summed E-state index contributed by atoms with van der Waals surface area (Å²) in [5.41, 5.74) is 3.32. The number of hydrogen-bond acceptors (Lipinski definition) is 4. The van der Waals surface area contributed by atoms with E-state index >= 15 is 0 Å². The SMILES string of the molecule is O=C(Nc1ccc(-c2cn3ccccc3n2)cc1)c1cccc([N+](=O)[O-])c1. The zero-order valence-electron chi connectivity index (χ0n) is 14.1. The van der Waals surface area contributed by atoms with Crippen molar-refractivity contribution in [3.63, 3.8) is 0 Å². The lowest BCUT2D eigenvalue weighted by Crippen LogP contribution is -2.11. The van der Waals surface area contributed by atoms with Crippen LogP contribution in [0, 0.1) is 10.1 Å². The average Bonchev–Trinajstić information content (AvgIpc) is 3.13. The minimum atomic E-state index is -0.527. The highest BCUT2D eigenvalue weighted by Gasteiger charge is 2.12. The first kappa shape index (κ1) is 16.5. The van der Waals surface area contributed by atoms with Crippen molar-refractivity contribution in [1.29, 1.82) is 0 Å². The summed E-state index contributed by atoms with van der Waals surface area (Å²) in [5.74, 6) is -0.404. The van der Waals surface area contributed by atoms with Crippen LogP contribution in [0.4, 0.5) is 11.4 Å². The largest absolute Gasteiger partial charge is 0.322 e. The van der Waals surface area contributed by atoms with Gasteiger partial charge in [-0.2, -0.15) is 0 Å². The summed E-state index contributed by atoms with van der Waals surface area (Å²) in [5, 5.41) is 13.6. The molecule has 27 heavy (non-hydrogen) atoms. The Morgan fingerprint density at radius 2 is 1.85 bits per heavy atom. The van der Waals surface area contributed by atoms with Crippen molar-refractivity contribution >= 4 is 22.9 Å². The Morgan fingerprint density at radius 3 is 2.59 bits per heavy atom. The van der Waals surface area contributed by atoms with E-state index in [0.29, 0.717) is 5.69 Å². The van der Waals surface area contributed by atoms with E-state index in [1.54, 1.807) is 12.1 Å². The van der Waals surface area contributed by atoms with Crippen LogP contribution < -0.4 is 5.32 Å². The minimum absolute atomic E-state index is 0.121. The molecular weight excluding hydrogens is 344 g/mol. The zero-order valence-corrected chi connectivity index (χ0v) is 14.1. The highest BCUT2D eigenvalue weighted by Crippen LogP contribution is 2.22. The second-order valence-corrected chi connectivity index (χ2v) is 5.93. The maximum absolute atomic E-state index is 12.3. The third kappa shape index (κ3) is 3.38. The van der Waals surface area contributed by atoms with Crippen molar-refractivity contribution in [2.45, 2.75) is 0 Å². The Bertz CT molecular complexity index is 1120. The van der Waals surface area contributed by atoms with Crippen molar-refractivity contribution in [3.05, 3.63) is 94.8 Å². The molecule has 2 aromatic heterocycles. The number of hydrogen-bond donors (Lipinski definition) is 1. The molecule has 2 heterocycles. The molecule has 0 aliphatic heterocycles. The van der Waals surface area contributed by atoms with Gasteiger partial charge in [0.15, 0.2) is 0 Å². The molecule has 2 aromatic carbocycles. The normalized spacial score (nSPS) is 10.7. The van der Waals surface area contributed by atoms with E-state index in [4.69, 9.17) is 0 Å². The number of benzene rings is 2. The number of fused-ring (bicyclic) bond motifs is 1. The molecule has 0 atom stereocenters. The van der Waals surface area contributed by atoms with E-state index in [-0.39, 0.29) is 11.3 Å². The number of carbonyl (C=O) groups excluding carboxylic acids is 1. The fraction of sp³-hybridized carbons (Fsp3) is 0. The average molecular weight is 358 g/mol. The van der Waals surface area contributed by atoms with Gasteiger partial charge in [0, 0.05) is 41.3 Å². The van der Waals surface area contributed by atoms with Crippen LogP contribution in [0.5, 0.6) is 0 Å². The molecule has 7 heteroatoms. The van der Waals surface area contributed by atoms with Crippen molar-refractivity contribution < 1.29 is 9.72 Å². The monoisotopic (exact) mass is 358 g/mol. The molecule has 132 valence electrons. The summed E-state index contributed by atoms with van der Waals surface area (Å²) in [6.45, 7) is 0. The van der Waals surface area contributed by atoms with Crippen LogP contribution in [0.1, 0.15) is 10.4 Å². The van der Waals surface area contributed by atoms with E-state index in [0.717, 1.165) is 16.9 Å². The number of nitrogens with one attached hydrogen (secondary N) is 1. The standard InChI is InChI=1S/C20H14N4O3/c25-20(15-4-3-5-17(12-15)24(26)27)21-16-9-7-14(8-10-16)18-13-23-11-2-1-6-19(23)22-18/h1-13H,(H,21,25). The number of nitrogens with zero attached hydrogens (tertiary/aromatic N) is 3. The van der Waals surface area contributed by atoms with Crippen LogP contribution >= 0.6 is 0 Å². The fourth-order valence-electron chi connectivity index (χ4n) is 2.76. The lowest BCUT2D eigenvalue weighted by Gasteiger charge is -2.06. The van der Waals surface area contributed by atoms with Gasteiger partial charge >= 0.3 is 0 Å². The first-order valence-corrected chi connectivity index (χ1v) is 8.20. The number of rotatable bonds is 4. The lowest BCUT2D eigenvalue weighted by atomic mass is 10.1. The molecule has 0 fully saturated rings. The Balaban J connectivity index is 1.53. The van der Waals surface area contributed by atoms with Gasteiger partial charge in [0.25, 0.3) is 11.6 Å². The first-order chi connectivity index (χ1) is 13.1. The topological polar surface area (TPSA) is 89.5 Å². The number of anilines is 1. The summed E-state index contributed by atoms with van der Waals surface area (Å²) < 4.78 is 1.94. The van der Waals surface area contributed by atoms with Crippen LogP contribution in [0.3, 0.4) is 0 Å². The lowest BCUT2D eigenvalue weighted by molar-refractivity contribution is -0.384. The summed E-state index contributed by atoms with van der Waals surface area (Å²) >= 11 is 0. The molecule has 0 aliphatic rings. The second kappa shape index (κ2) is 6.72. The van der Waals surface area contributed by atoms with Crippen molar-refractivity contribution in [2.75, 3.05) is 5.32 Å². The van der Waals surface area contributed by atoms with Gasteiger partial charge in [0.05, 0.1) is 10.6 Å². The predicted octanol–water partition coefficient (Wildman–Crippen LogP) is 4.16. The minimum Gasteiger partial charge on any atom is -0.322 e. The Hall–Kier alpha value is -4.00. The number of nitro benzene ring substituents is 1. The first-order valence-electron chi connectivity index (χ1n) is 8.20. The van der Waals surface area contributed by atoms with Crippen LogP contribution in [-0.4, -0.2) is 20.2 Å². The van der Waals surface area contributed by atoms with Gasteiger partial charge < -0.3 is 9.72 Å². The molecule has 4 rings (SSSR count). The Labute approximate surface area is 154 Å². The third-order valence-electron chi connectivity index (χ3n) is 4.12. The summed E-state index contributed by atoms with van der Waals surface area (Å²) in [7, 11) is 0. The molecule has 1 N–H and O–H groups in total. The smallest absolute Gasteiger partial charge is 0.270 e. The van der Waals surface area contributed by atoms with Crippen molar-refractivity contribution in [1.82, 2.24) is 9.38 Å². The molecule has 1 amide bonds. The molecule has 0 unspecified atom stereocenters. The highest BCUT2D eigenvalue weighted by atomic mass is 16.6. The molecule has 0 saturated heterocycles.